The van der Waals surface area contributed by atoms with Crippen LogP contribution >= 0.6 is 0 Å². The summed E-state index contributed by atoms with van der Waals surface area (Å²) in [6.45, 7) is 10.1. The minimum absolute atomic E-state index is 0.405. The topological polar surface area (TPSA) is 38.5 Å². The van der Waals surface area contributed by atoms with Gasteiger partial charge in [0.15, 0.2) is 0 Å². The van der Waals surface area contributed by atoms with Crippen LogP contribution in [0, 0.1) is 5.41 Å². The lowest BCUT2D eigenvalue weighted by Crippen LogP contribution is -2.42. The fraction of sp³-hybridized carbons (Fsp3) is 1.00. The summed E-state index contributed by atoms with van der Waals surface area (Å²) in [5.74, 6) is 0. The summed E-state index contributed by atoms with van der Waals surface area (Å²) in [4.78, 5) is 2.49. The molecule has 0 aromatic rings. The van der Waals surface area contributed by atoms with E-state index >= 15 is 0 Å². The van der Waals surface area contributed by atoms with E-state index in [0.717, 1.165) is 39.4 Å². The maximum absolute atomic E-state index is 5.97. The second-order valence-corrected chi connectivity index (χ2v) is 4.98. The van der Waals surface area contributed by atoms with E-state index in [9.17, 15) is 0 Å². The van der Waals surface area contributed by atoms with Crippen LogP contribution in [-0.2, 0) is 4.74 Å². The van der Waals surface area contributed by atoms with E-state index < -0.39 is 0 Å². The molecular weight excluding hydrogens is 200 g/mol. The molecule has 0 aromatic carbocycles. The summed E-state index contributed by atoms with van der Waals surface area (Å²) in [5.41, 5.74) is 6.37. The quantitative estimate of drug-likeness (QED) is 0.645. The predicted molar refractivity (Wildman–Crippen MR) is 68.6 cm³/mol. The smallest absolute Gasteiger partial charge is 0.0593 e. The van der Waals surface area contributed by atoms with Crippen LogP contribution < -0.4 is 5.73 Å². The van der Waals surface area contributed by atoms with Crippen LogP contribution in [0.4, 0.5) is 0 Å². The molecule has 0 atom stereocenters. The van der Waals surface area contributed by atoms with Crippen LogP contribution in [0.5, 0.6) is 0 Å². The van der Waals surface area contributed by atoms with Crippen LogP contribution in [0.15, 0.2) is 0 Å². The molecule has 0 unspecified atom stereocenters. The van der Waals surface area contributed by atoms with Crippen molar-refractivity contribution in [2.75, 3.05) is 39.4 Å². The maximum atomic E-state index is 5.97. The lowest BCUT2D eigenvalue weighted by Gasteiger charge is -2.34. The van der Waals surface area contributed by atoms with Gasteiger partial charge in [-0.15, -0.1) is 0 Å². The van der Waals surface area contributed by atoms with Crippen molar-refractivity contribution in [3.63, 3.8) is 0 Å². The van der Waals surface area contributed by atoms with Gasteiger partial charge in [0.05, 0.1) is 6.61 Å². The number of hydrogen-bond acceptors (Lipinski definition) is 3. The van der Waals surface area contributed by atoms with Gasteiger partial charge < -0.3 is 15.4 Å². The number of rotatable bonds is 8. The molecule has 0 heterocycles. The Balaban J connectivity index is 2.35. The van der Waals surface area contributed by atoms with Crippen LogP contribution in [0.25, 0.3) is 0 Å². The van der Waals surface area contributed by atoms with Crippen LogP contribution in [-0.4, -0.2) is 44.3 Å². The third kappa shape index (κ3) is 4.04. The zero-order chi connectivity index (χ0) is 11.9. The molecule has 16 heavy (non-hydrogen) atoms. The Morgan fingerprint density at radius 2 is 1.94 bits per heavy atom. The average Bonchev–Trinajstić information content (AvgIpc) is 2.77. The molecule has 0 saturated heterocycles. The van der Waals surface area contributed by atoms with Gasteiger partial charge in [-0.25, -0.2) is 0 Å². The van der Waals surface area contributed by atoms with E-state index in [2.05, 4.69) is 18.7 Å². The second-order valence-electron chi connectivity index (χ2n) is 4.98. The first kappa shape index (κ1) is 13.9. The van der Waals surface area contributed by atoms with Gasteiger partial charge in [0, 0.05) is 19.7 Å². The highest BCUT2D eigenvalue weighted by atomic mass is 16.5. The van der Waals surface area contributed by atoms with E-state index in [-0.39, 0.29) is 0 Å². The molecule has 1 rings (SSSR count). The minimum Gasteiger partial charge on any atom is -0.380 e. The van der Waals surface area contributed by atoms with Crippen molar-refractivity contribution in [3.8, 4) is 0 Å². The van der Waals surface area contributed by atoms with Crippen molar-refractivity contribution >= 4 is 0 Å². The van der Waals surface area contributed by atoms with E-state index in [1.54, 1.807) is 0 Å². The van der Waals surface area contributed by atoms with E-state index in [1.807, 2.05) is 0 Å². The van der Waals surface area contributed by atoms with Gasteiger partial charge in [-0.3, -0.25) is 0 Å². The van der Waals surface area contributed by atoms with Crippen LogP contribution in [0.1, 0.15) is 39.5 Å². The summed E-state index contributed by atoms with van der Waals surface area (Å²) >= 11 is 0. The maximum Gasteiger partial charge on any atom is 0.0593 e. The van der Waals surface area contributed by atoms with Crippen molar-refractivity contribution in [1.82, 2.24) is 4.90 Å². The summed E-state index contributed by atoms with van der Waals surface area (Å²) in [6, 6.07) is 0. The standard InChI is InChI=1S/C13H28N2O/c1-3-15(9-10-16-4-2)12-13(11-14)7-5-6-8-13/h3-12,14H2,1-2H3. The van der Waals surface area contributed by atoms with Gasteiger partial charge in [-0.05, 0) is 38.3 Å². The Morgan fingerprint density at radius 1 is 1.25 bits per heavy atom. The molecule has 3 nitrogen and oxygen atoms in total. The highest BCUT2D eigenvalue weighted by Gasteiger charge is 2.33. The Bertz CT molecular complexity index is 179. The molecule has 1 aliphatic carbocycles. The Hall–Kier alpha value is -0.120. The molecule has 1 aliphatic rings. The summed E-state index contributed by atoms with van der Waals surface area (Å²) in [6.07, 6.45) is 5.35. The van der Waals surface area contributed by atoms with Gasteiger partial charge in [-0.2, -0.15) is 0 Å². The van der Waals surface area contributed by atoms with Gasteiger partial charge in [-0.1, -0.05) is 19.8 Å². The van der Waals surface area contributed by atoms with Crippen molar-refractivity contribution in [1.29, 1.82) is 0 Å². The SMILES string of the molecule is CCOCCN(CC)CC1(CN)CCCC1. The molecule has 0 spiro atoms. The number of nitrogens with zero attached hydrogens (tertiary/aromatic N) is 1. The van der Waals surface area contributed by atoms with Crippen LogP contribution in [0.2, 0.25) is 0 Å². The summed E-state index contributed by atoms with van der Waals surface area (Å²) in [5, 5.41) is 0. The Kier molecular flexibility index (Phi) is 6.32. The minimum atomic E-state index is 0.405. The predicted octanol–water partition coefficient (Wildman–Crippen LogP) is 1.86. The molecule has 0 radical (unpaired) electrons. The molecule has 1 saturated carbocycles. The molecule has 1 fully saturated rings. The summed E-state index contributed by atoms with van der Waals surface area (Å²) in [7, 11) is 0. The normalized spacial score (nSPS) is 19.5. The zero-order valence-electron chi connectivity index (χ0n) is 11.0. The third-order valence-electron chi connectivity index (χ3n) is 3.86. The number of nitrogens with two attached hydrogens (primary N) is 1. The largest absolute Gasteiger partial charge is 0.380 e. The number of hydrogen-bond donors (Lipinski definition) is 1. The highest BCUT2D eigenvalue weighted by molar-refractivity contribution is 4.88. The van der Waals surface area contributed by atoms with Gasteiger partial charge in [0.25, 0.3) is 0 Å². The highest BCUT2D eigenvalue weighted by Crippen LogP contribution is 2.37. The molecule has 3 heteroatoms. The number of ether oxygens (including phenoxy) is 1. The van der Waals surface area contributed by atoms with Gasteiger partial charge in [0.2, 0.25) is 0 Å². The Labute approximate surface area is 100 Å². The molecule has 0 amide bonds. The van der Waals surface area contributed by atoms with E-state index in [4.69, 9.17) is 10.5 Å². The fourth-order valence-corrected chi connectivity index (χ4v) is 2.71. The van der Waals surface area contributed by atoms with Crippen LogP contribution in [0.3, 0.4) is 0 Å². The summed E-state index contributed by atoms with van der Waals surface area (Å²) < 4.78 is 5.42. The van der Waals surface area contributed by atoms with Gasteiger partial charge >= 0.3 is 0 Å². The third-order valence-corrected chi connectivity index (χ3v) is 3.86. The van der Waals surface area contributed by atoms with Crippen molar-refractivity contribution in [2.45, 2.75) is 39.5 Å². The lowest BCUT2D eigenvalue weighted by molar-refractivity contribution is 0.0920. The molecule has 0 aromatic heterocycles. The molecule has 0 bridgehead atoms. The molecule has 0 aliphatic heterocycles. The first-order valence-electron chi connectivity index (χ1n) is 6.76. The second kappa shape index (κ2) is 7.25. The number of likely N-dealkylation sites (N-methyl/N-ethyl adjacent to an activating group) is 1. The van der Waals surface area contributed by atoms with Gasteiger partial charge in [0.1, 0.15) is 0 Å². The van der Waals surface area contributed by atoms with Crippen molar-refractivity contribution in [3.05, 3.63) is 0 Å². The zero-order valence-corrected chi connectivity index (χ0v) is 11.0. The molecule has 96 valence electrons. The first-order valence-corrected chi connectivity index (χ1v) is 6.76. The van der Waals surface area contributed by atoms with E-state index in [0.29, 0.717) is 5.41 Å². The van der Waals surface area contributed by atoms with E-state index in [1.165, 1.54) is 25.7 Å². The Morgan fingerprint density at radius 3 is 2.44 bits per heavy atom. The lowest BCUT2D eigenvalue weighted by atomic mass is 9.85. The van der Waals surface area contributed by atoms with Crippen molar-refractivity contribution in [2.24, 2.45) is 11.1 Å². The molecular formula is C13H28N2O. The average molecular weight is 228 g/mol. The fourth-order valence-electron chi connectivity index (χ4n) is 2.71. The first-order chi connectivity index (χ1) is 7.76. The van der Waals surface area contributed by atoms with Crippen molar-refractivity contribution < 1.29 is 4.74 Å². The monoisotopic (exact) mass is 228 g/mol. The molecule has 2 N–H and O–H groups in total.